The summed E-state index contributed by atoms with van der Waals surface area (Å²) in [4.78, 5) is 4.57. The largest absolute Gasteiger partial charge is 0.493 e. The molecule has 0 N–H and O–H groups in total. The molecule has 0 unspecified atom stereocenters. The van der Waals surface area contributed by atoms with E-state index >= 15 is 0 Å². The van der Waals surface area contributed by atoms with Gasteiger partial charge >= 0.3 is 0 Å². The molecule has 0 radical (unpaired) electrons. The number of halogens is 1. The lowest BCUT2D eigenvalue weighted by molar-refractivity contribution is 0.404. The maximum absolute atomic E-state index is 13.3. The van der Waals surface area contributed by atoms with Crippen LogP contribution in [-0.2, 0) is 9.84 Å². The van der Waals surface area contributed by atoms with Gasteiger partial charge < -0.3 is 9.15 Å². The molecule has 1 aromatic heterocycles. The summed E-state index contributed by atoms with van der Waals surface area (Å²) in [7, 11) is -2.34. The minimum Gasteiger partial charge on any atom is -0.493 e. The molecule has 3 aromatic carbocycles. The van der Waals surface area contributed by atoms with Crippen LogP contribution in [0.3, 0.4) is 0 Å². The van der Waals surface area contributed by atoms with Gasteiger partial charge in [-0.3, -0.25) is 0 Å². The molecule has 0 fully saturated rings. The van der Waals surface area contributed by atoms with Crippen molar-refractivity contribution in [3.8, 4) is 5.75 Å². The summed E-state index contributed by atoms with van der Waals surface area (Å²) in [6, 6.07) is 21.7. The van der Waals surface area contributed by atoms with Crippen molar-refractivity contribution in [2.24, 2.45) is 4.99 Å². The summed E-state index contributed by atoms with van der Waals surface area (Å²) in [6.07, 6.45) is 0. The van der Waals surface area contributed by atoms with E-state index in [4.69, 9.17) is 20.8 Å². The van der Waals surface area contributed by atoms with E-state index in [1.165, 1.54) is 19.2 Å². The van der Waals surface area contributed by atoms with Gasteiger partial charge in [-0.2, -0.15) is 0 Å². The van der Waals surface area contributed by atoms with Crippen LogP contribution in [0.2, 0.25) is 5.02 Å². The molecule has 0 aliphatic rings. The Morgan fingerprint density at radius 3 is 2.34 bits per heavy atom. The van der Waals surface area contributed by atoms with Crippen LogP contribution in [0, 0.1) is 0 Å². The van der Waals surface area contributed by atoms with Crippen LogP contribution in [0.25, 0.3) is 11.0 Å². The summed E-state index contributed by atoms with van der Waals surface area (Å²) in [6.45, 7) is 0. The monoisotopic (exact) mass is 425 g/mol. The zero-order valence-electron chi connectivity index (χ0n) is 15.4. The van der Waals surface area contributed by atoms with E-state index in [2.05, 4.69) is 4.99 Å². The highest BCUT2D eigenvalue weighted by Gasteiger charge is 2.23. The fraction of sp³-hybridized carbons (Fsp3) is 0.0455. The van der Waals surface area contributed by atoms with Gasteiger partial charge in [-0.15, -0.1) is 0 Å². The lowest BCUT2D eigenvalue weighted by Crippen LogP contribution is -2.16. The Labute approximate surface area is 172 Å². The van der Waals surface area contributed by atoms with Gasteiger partial charge in [0.25, 0.3) is 0 Å². The van der Waals surface area contributed by atoms with Crippen LogP contribution in [0.5, 0.6) is 5.75 Å². The van der Waals surface area contributed by atoms with E-state index in [0.29, 0.717) is 27.4 Å². The van der Waals surface area contributed by atoms with Crippen molar-refractivity contribution in [1.29, 1.82) is 0 Å². The van der Waals surface area contributed by atoms with Gasteiger partial charge in [0, 0.05) is 10.4 Å². The number of ether oxygens (including phenoxy) is 1. The highest BCUT2D eigenvalue weighted by molar-refractivity contribution is 7.91. The molecule has 0 atom stereocenters. The second-order valence-corrected chi connectivity index (χ2v) is 8.55. The molecule has 5 nitrogen and oxygen atoms in total. The average Bonchev–Trinajstić information content (AvgIpc) is 2.75. The molecular formula is C22H16ClNO4S. The number of nitrogens with zero attached hydrogens (tertiary/aromatic N) is 1. The molecule has 29 heavy (non-hydrogen) atoms. The molecule has 4 rings (SSSR count). The van der Waals surface area contributed by atoms with Crippen molar-refractivity contribution < 1.29 is 17.6 Å². The normalized spacial score (nSPS) is 12.3. The fourth-order valence-electron chi connectivity index (χ4n) is 2.90. The van der Waals surface area contributed by atoms with Gasteiger partial charge in [0.15, 0.2) is 11.3 Å². The highest BCUT2D eigenvalue weighted by atomic mass is 35.5. The molecule has 7 heteroatoms. The van der Waals surface area contributed by atoms with Crippen molar-refractivity contribution >= 4 is 38.1 Å². The van der Waals surface area contributed by atoms with Crippen molar-refractivity contribution in [2.75, 3.05) is 7.11 Å². The van der Waals surface area contributed by atoms with Crippen LogP contribution in [0.1, 0.15) is 0 Å². The predicted molar refractivity (Wildman–Crippen MR) is 111 cm³/mol. The fourth-order valence-corrected chi connectivity index (χ4v) is 4.39. The molecule has 0 amide bonds. The lowest BCUT2D eigenvalue weighted by atomic mass is 10.2. The van der Waals surface area contributed by atoms with Crippen molar-refractivity contribution in [3.05, 3.63) is 89.4 Å². The van der Waals surface area contributed by atoms with E-state index < -0.39 is 9.84 Å². The maximum Gasteiger partial charge on any atom is 0.239 e. The highest BCUT2D eigenvalue weighted by Crippen LogP contribution is 2.28. The van der Waals surface area contributed by atoms with E-state index in [0.717, 1.165) is 0 Å². The molecule has 0 aliphatic carbocycles. The van der Waals surface area contributed by atoms with E-state index in [1.54, 1.807) is 66.7 Å². The molecule has 1 heterocycles. The Morgan fingerprint density at radius 1 is 0.931 bits per heavy atom. The number of benzene rings is 3. The zero-order chi connectivity index (χ0) is 20.4. The number of hydrogen-bond acceptors (Lipinski definition) is 5. The maximum atomic E-state index is 13.3. The molecule has 0 spiro atoms. The summed E-state index contributed by atoms with van der Waals surface area (Å²) in [5.41, 5.74) is 0.889. The molecule has 0 saturated carbocycles. The Morgan fingerprint density at radius 2 is 1.66 bits per heavy atom. The topological polar surface area (TPSA) is 68.9 Å². The smallest absolute Gasteiger partial charge is 0.239 e. The summed E-state index contributed by atoms with van der Waals surface area (Å²) in [5, 5.41) is 1.15. The third-order valence-electron chi connectivity index (χ3n) is 4.33. The molecule has 0 aliphatic heterocycles. The molecular weight excluding hydrogens is 410 g/mol. The van der Waals surface area contributed by atoms with Gasteiger partial charge in [-0.05, 0) is 48.5 Å². The number of sulfone groups is 1. The Kier molecular flexibility index (Phi) is 5.13. The third kappa shape index (κ3) is 3.77. The van der Waals surface area contributed by atoms with Crippen molar-refractivity contribution in [2.45, 2.75) is 9.79 Å². The summed E-state index contributed by atoms with van der Waals surface area (Å²) >= 11 is 5.94. The molecule has 0 bridgehead atoms. The second-order valence-electron chi connectivity index (χ2n) is 6.20. The van der Waals surface area contributed by atoms with Gasteiger partial charge in [0.05, 0.1) is 17.7 Å². The number of methoxy groups -OCH3 is 1. The van der Waals surface area contributed by atoms with Gasteiger partial charge in [-0.25, -0.2) is 13.4 Å². The first-order valence-corrected chi connectivity index (χ1v) is 10.6. The van der Waals surface area contributed by atoms with Gasteiger partial charge in [0.1, 0.15) is 4.90 Å². The SMILES string of the molecule is COc1cccc2cc(S(=O)(=O)c3ccccc3)c(=Nc3ccc(Cl)cc3)oc12. The Bertz CT molecular complexity index is 1350. The van der Waals surface area contributed by atoms with Crippen LogP contribution < -0.4 is 10.3 Å². The van der Waals surface area contributed by atoms with E-state index in [1.807, 2.05) is 0 Å². The van der Waals surface area contributed by atoms with Crippen LogP contribution in [0.15, 0.2) is 98.1 Å². The van der Waals surface area contributed by atoms with Crippen LogP contribution >= 0.6 is 11.6 Å². The van der Waals surface area contributed by atoms with Crippen molar-refractivity contribution in [3.63, 3.8) is 0 Å². The van der Waals surface area contributed by atoms with Crippen LogP contribution in [-0.4, -0.2) is 15.5 Å². The number of rotatable bonds is 4. The van der Waals surface area contributed by atoms with Crippen molar-refractivity contribution in [1.82, 2.24) is 0 Å². The van der Waals surface area contributed by atoms with Gasteiger partial charge in [0.2, 0.25) is 15.4 Å². The first-order chi connectivity index (χ1) is 14.0. The number of para-hydroxylation sites is 1. The average molecular weight is 426 g/mol. The number of hydrogen-bond donors (Lipinski definition) is 0. The first kappa shape index (κ1) is 19.2. The lowest BCUT2D eigenvalue weighted by Gasteiger charge is -2.09. The zero-order valence-corrected chi connectivity index (χ0v) is 16.9. The van der Waals surface area contributed by atoms with Gasteiger partial charge in [-0.1, -0.05) is 41.9 Å². The minimum atomic E-state index is -3.86. The summed E-state index contributed by atoms with van der Waals surface area (Å²) < 4.78 is 38.0. The standard InChI is InChI=1S/C22H16ClNO4S/c1-27-19-9-5-6-15-14-20(29(25,26)18-7-3-2-4-8-18)22(28-21(15)19)24-17-12-10-16(23)11-13-17/h2-14H,1H3. The van der Waals surface area contributed by atoms with Crippen LogP contribution in [0.4, 0.5) is 5.69 Å². The van der Waals surface area contributed by atoms with E-state index in [-0.39, 0.29) is 15.3 Å². The predicted octanol–water partition coefficient (Wildman–Crippen LogP) is 5.16. The number of fused-ring (bicyclic) bond motifs is 1. The molecule has 146 valence electrons. The minimum absolute atomic E-state index is 0.0283. The van der Waals surface area contributed by atoms with E-state index in [9.17, 15) is 8.42 Å². The summed E-state index contributed by atoms with van der Waals surface area (Å²) in [5.74, 6) is 0.485. The first-order valence-electron chi connectivity index (χ1n) is 8.70. The molecule has 4 aromatic rings. The Balaban J connectivity index is 2.06. The second kappa shape index (κ2) is 7.73. The third-order valence-corrected chi connectivity index (χ3v) is 6.34. The Hall–Kier alpha value is -3.09. The molecule has 0 saturated heterocycles. The quantitative estimate of drug-likeness (QED) is 0.453.